The molecule has 2 rings (SSSR count). The third-order valence-corrected chi connectivity index (χ3v) is 4.17. The van der Waals surface area contributed by atoms with E-state index in [4.69, 9.17) is 0 Å². The molecule has 0 radical (unpaired) electrons. The maximum absolute atomic E-state index is 14.3. The maximum atomic E-state index is 14.3. The fourth-order valence-corrected chi connectivity index (χ4v) is 2.90. The lowest BCUT2D eigenvalue weighted by Crippen LogP contribution is -2.42. The molecule has 118 valence electrons. The zero-order valence-corrected chi connectivity index (χ0v) is 13.1. The monoisotopic (exact) mass is 297 g/mol. The van der Waals surface area contributed by atoms with E-state index in [1.807, 2.05) is 11.8 Å². The first-order chi connectivity index (χ1) is 10.0. The summed E-state index contributed by atoms with van der Waals surface area (Å²) >= 11 is 0. The van der Waals surface area contributed by atoms with Gasteiger partial charge in [0.05, 0.1) is 0 Å². The Balaban J connectivity index is 2.10. The Kier molecular flexibility index (Phi) is 5.53. The van der Waals surface area contributed by atoms with Crippen molar-refractivity contribution in [3.63, 3.8) is 0 Å². The number of benzene rings is 1. The van der Waals surface area contributed by atoms with Gasteiger partial charge in [0.2, 0.25) is 0 Å². The van der Waals surface area contributed by atoms with Gasteiger partial charge in [-0.3, -0.25) is 0 Å². The van der Waals surface area contributed by atoms with E-state index in [1.54, 1.807) is 0 Å². The molecular formula is C16H25F2N3. The average molecular weight is 297 g/mol. The molecule has 1 aromatic carbocycles. The molecule has 0 aromatic heterocycles. The van der Waals surface area contributed by atoms with Crippen LogP contribution in [0, 0.1) is 11.6 Å². The standard InChI is InChI=1S/C16H25F2N3/c1-4-19-11-12-9-14(17)16(15(18)10-12)21-7-5-13(6-8-21)20(2)3/h9-10,13,19H,4-8,11H2,1-3H3. The van der Waals surface area contributed by atoms with Crippen LogP contribution in [0.1, 0.15) is 25.3 Å². The van der Waals surface area contributed by atoms with Crippen LogP contribution in [-0.2, 0) is 6.54 Å². The van der Waals surface area contributed by atoms with Gasteiger partial charge in [0, 0.05) is 25.7 Å². The lowest BCUT2D eigenvalue weighted by molar-refractivity contribution is 0.249. The Morgan fingerprint density at radius 3 is 2.24 bits per heavy atom. The molecule has 0 spiro atoms. The molecule has 3 nitrogen and oxygen atoms in total. The summed E-state index contributed by atoms with van der Waals surface area (Å²) in [4.78, 5) is 4.02. The van der Waals surface area contributed by atoms with Gasteiger partial charge in [-0.25, -0.2) is 8.78 Å². The van der Waals surface area contributed by atoms with Gasteiger partial charge in [-0.15, -0.1) is 0 Å². The first-order valence-corrected chi connectivity index (χ1v) is 7.63. The number of anilines is 1. The van der Waals surface area contributed by atoms with E-state index in [1.165, 1.54) is 12.1 Å². The molecule has 1 aliphatic heterocycles. The topological polar surface area (TPSA) is 18.5 Å². The second-order valence-corrected chi connectivity index (χ2v) is 5.87. The summed E-state index contributed by atoms with van der Waals surface area (Å²) in [5.74, 6) is -0.905. The molecule has 1 heterocycles. The minimum atomic E-state index is -0.453. The molecule has 0 amide bonds. The van der Waals surface area contributed by atoms with E-state index in [0.29, 0.717) is 31.2 Å². The maximum Gasteiger partial charge on any atom is 0.149 e. The summed E-state index contributed by atoms with van der Waals surface area (Å²) in [6, 6.07) is 3.39. The molecule has 0 aliphatic carbocycles. The highest BCUT2D eigenvalue weighted by Gasteiger charge is 2.25. The van der Waals surface area contributed by atoms with Gasteiger partial charge in [-0.05, 0) is 51.2 Å². The Morgan fingerprint density at radius 2 is 1.76 bits per heavy atom. The molecular weight excluding hydrogens is 272 g/mol. The van der Waals surface area contributed by atoms with Crippen molar-refractivity contribution < 1.29 is 8.78 Å². The number of hydrogen-bond donors (Lipinski definition) is 1. The van der Waals surface area contributed by atoms with Crippen LogP contribution in [0.2, 0.25) is 0 Å². The van der Waals surface area contributed by atoms with Crippen molar-refractivity contribution in [2.45, 2.75) is 32.4 Å². The highest BCUT2D eigenvalue weighted by molar-refractivity contribution is 5.51. The van der Waals surface area contributed by atoms with Gasteiger partial charge < -0.3 is 15.1 Å². The van der Waals surface area contributed by atoms with E-state index in [0.717, 1.165) is 19.4 Å². The SMILES string of the molecule is CCNCc1cc(F)c(N2CCC(N(C)C)CC2)c(F)c1. The molecule has 1 aliphatic rings. The third kappa shape index (κ3) is 3.92. The Labute approximate surface area is 125 Å². The van der Waals surface area contributed by atoms with Gasteiger partial charge >= 0.3 is 0 Å². The zero-order chi connectivity index (χ0) is 15.4. The van der Waals surface area contributed by atoms with Crippen LogP contribution in [0.25, 0.3) is 0 Å². The molecule has 0 bridgehead atoms. The minimum absolute atomic E-state index is 0.132. The highest BCUT2D eigenvalue weighted by Crippen LogP contribution is 2.28. The van der Waals surface area contributed by atoms with Gasteiger partial charge in [-0.1, -0.05) is 6.92 Å². The van der Waals surface area contributed by atoms with Crippen molar-refractivity contribution in [3.05, 3.63) is 29.3 Å². The van der Waals surface area contributed by atoms with Crippen LogP contribution in [0.4, 0.5) is 14.5 Å². The van der Waals surface area contributed by atoms with E-state index < -0.39 is 11.6 Å². The van der Waals surface area contributed by atoms with Crippen LogP contribution in [0.3, 0.4) is 0 Å². The Hall–Kier alpha value is -1.20. The second kappa shape index (κ2) is 7.18. The van der Waals surface area contributed by atoms with Crippen molar-refractivity contribution in [2.75, 3.05) is 38.6 Å². The number of piperidine rings is 1. The van der Waals surface area contributed by atoms with Crippen LogP contribution >= 0.6 is 0 Å². The van der Waals surface area contributed by atoms with E-state index in [-0.39, 0.29) is 5.69 Å². The summed E-state index contributed by atoms with van der Waals surface area (Å²) < 4.78 is 28.5. The van der Waals surface area contributed by atoms with Crippen molar-refractivity contribution in [1.82, 2.24) is 10.2 Å². The summed E-state index contributed by atoms with van der Waals surface area (Å²) in [7, 11) is 4.11. The summed E-state index contributed by atoms with van der Waals surface area (Å²) in [6.45, 7) is 4.64. The zero-order valence-electron chi connectivity index (χ0n) is 13.1. The number of halogens is 2. The molecule has 0 saturated carbocycles. The van der Waals surface area contributed by atoms with Crippen LogP contribution in [0.5, 0.6) is 0 Å². The molecule has 1 saturated heterocycles. The van der Waals surface area contributed by atoms with Crippen LogP contribution < -0.4 is 10.2 Å². The molecule has 0 atom stereocenters. The minimum Gasteiger partial charge on any atom is -0.367 e. The first kappa shape index (κ1) is 16.2. The van der Waals surface area contributed by atoms with Gasteiger partial charge in [-0.2, -0.15) is 0 Å². The third-order valence-electron chi connectivity index (χ3n) is 4.17. The summed E-state index contributed by atoms with van der Waals surface area (Å²) in [5.41, 5.74) is 0.784. The number of nitrogens with zero attached hydrogens (tertiary/aromatic N) is 2. The molecule has 21 heavy (non-hydrogen) atoms. The van der Waals surface area contributed by atoms with E-state index in [9.17, 15) is 8.78 Å². The molecule has 0 unspecified atom stereocenters. The van der Waals surface area contributed by atoms with Crippen LogP contribution in [0.15, 0.2) is 12.1 Å². The van der Waals surface area contributed by atoms with Crippen LogP contribution in [-0.4, -0.2) is 44.7 Å². The first-order valence-electron chi connectivity index (χ1n) is 7.63. The van der Waals surface area contributed by atoms with E-state index >= 15 is 0 Å². The van der Waals surface area contributed by atoms with Gasteiger partial charge in [0.1, 0.15) is 17.3 Å². The normalized spacial score (nSPS) is 16.8. The lowest BCUT2D eigenvalue weighted by Gasteiger charge is -2.36. The van der Waals surface area contributed by atoms with Gasteiger partial charge in [0.15, 0.2) is 0 Å². The second-order valence-electron chi connectivity index (χ2n) is 5.87. The fourth-order valence-electron chi connectivity index (χ4n) is 2.90. The predicted molar refractivity (Wildman–Crippen MR) is 82.7 cm³/mol. The number of hydrogen-bond acceptors (Lipinski definition) is 3. The molecule has 1 N–H and O–H groups in total. The summed E-state index contributed by atoms with van der Waals surface area (Å²) in [5, 5.41) is 3.08. The van der Waals surface area contributed by atoms with E-state index in [2.05, 4.69) is 24.3 Å². The number of nitrogens with one attached hydrogen (secondary N) is 1. The highest BCUT2D eigenvalue weighted by atomic mass is 19.1. The summed E-state index contributed by atoms with van der Waals surface area (Å²) in [6.07, 6.45) is 1.87. The van der Waals surface area contributed by atoms with Crippen molar-refractivity contribution in [1.29, 1.82) is 0 Å². The predicted octanol–water partition coefficient (Wildman–Crippen LogP) is 2.60. The molecule has 1 fully saturated rings. The number of rotatable bonds is 5. The average Bonchev–Trinajstić information content (AvgIpc) is 2.45. The smallest absolute Gasteiger partial charge is 0.149 e. The largest absolute Gasteiger partial charge is 0.367 e. The fraction of sp³-hybridized carbons (Fsp3) is 0.625. The Morgan fingerprint density at radius 1 is 1.19 bits per heavy atom. The Bertz CT molecular complexity index is 446. The van der Waals surface area contributed by atoms with Crippen molar-refractivity contribution in [2.24, 2.45) is 0 Å². The molecule has 1 aromatic rings. The lowest BCUT2D eigenvalue weighted by atomic mass is 10.0. The van der Waals surface area contributed by atoms with Gasteiger partial charge in [0.25, 0.3) is 0 Å². The van der Waals surface area contributed by atoms with Crippen molar-refractivity contribution >= 4 is 5.69 Å². The molecule has 5 heteroatoms. The van der Waals surface area contributed by atoms with Crippen molar-refractivity contribution in [3.8, 4) is 0 Å². The quantitative estimate of drug-likeness (QED) is 0.901.